The Bertz CT molecular complexity index is 653. The predicted octanol–water partition coefficient (Wildman–Crippen LogP) is 2.94. The van der Waals surface area contributed by atoms with Gasteiger partial charge >= 0.3 is 6.18 Å². The largest absolute Gasteiger partial charge is 0.492 e. The van der Waals surface area contributed by atoms with Crippen LogP contribution in [0.25, 0.3) is 0 Å². The fourth-order valence-electron chi connectivity index (χ4n) is 1.79. The highest BCUT2D eigenvalue weighted by molar-refractivity contribution is 5.92. The van der Waals surface area contributed by atoms with Crippen LogP contribution in [0.2, 0.25) is 0 Å². The molecule has 118 valence electrons. The quantitative estimate of drug-likeness (QED) is 0.923. The topological polar surface area (TPSA) is 56.1 Å². The Labute approximate surface area is 124 Å². The number of rotatable bonds is 5. The monoisotopic (exact) mass is 313 g/mol. The Balaban J connectivity index is 2.03. The molecule has 8 heteroatoms. The Morgan fingerprint density at radius 3 is 2.68 bits per heavy atom. The van der Waals surface area contributed by atoms with Gasteiger partial charge < -0.3 is 10.1 Å². The van der Waals surface area contributed by atoms with Crippen LogP contribution in [-0.2, 0) is 17.5 Å². The number of carbonyl (C=O) groups is 1. The zero-order chi connectivity index (χ0) is 16.2. The van der Waals surface area contributed by atoms with Gasteiger partial charge in [0.2, 0.25) is 5.91 Å². The Morgan fingerprint density at radius 1 is 1.32 bits per heavy atom. The van der Waals surface area contributed by atoms with Crippen molar-refractivity contribution in [2.24, 2.45) is 0 Å². The van der Waals surface area contributed by atoms with Crippen LogP contribution in [0, 0.1) is 0 Å². The molecule has 0 fully saturated rings. The third kappa shape index (κ3) is 4.00. The lowest BCUT2D eigenvalue weighted by atomic mass is 10.3. The van der Waals surface area contributed by atoms with E-state index in [1.54, 1.807) is 31.2 Å². The van der Waals surface area contributed by atoms with Crippen molar-refractivity contribution in [1.29, 1.82) is 0 Å². The van der Waals surface area contributed by atoms with Crippen LogP contribution >= 0.6 is 0 Å². The molecule has 0 aliphatic carbocycles. The summed E-state index contributed by atoms with van der Waals surface area (Å²) in [5, 5.41) is 5.91. The van der Waals surface area contributed by atoms with Crippen molar-refractivity contribution in [2.75, 3.05) is 11.9 Å². The molecule has 1 aromatic heterocycles. The fourth-order valence-corrected chi connectivity index (χ4v) is 1.79. The third-order valence-corrected chi connectivity index (χ3v) is 2.70. The number of nitrogens with zero attached hydrogens (tertiary/aromatic N) is 2. The first kappa shape index (κ1) is 15.9. The van der Waals surface area contributed by atoms with E-state index in [9.17, 15) is 18.0 Å². The molecular weight excluding hydrogens is 299 g/mol. The van der Waals surface area contributed by atoms with Crippen molar-refractivity contribution < 1.29 is 22.7 Å². The minimum atomic E-state index is -4.52. The van der Waals surface area contributed by atoms with Crippen molar-refractivity contribution in [3.8, 4) is 5.75 Å². The molecule has 22 heavy (non-hydrogen) atoms. The van der Waals surface area contributed by atoms with Crippen molar-refractivity contribution in [2.45, 2.75) is 19.6 Å². The Hall–Kier alpha value is -2.51. The van der Waals surface area contributed by atoms with Gasteiger partial charge in [-0.1, -0.05) is 12.1 Å². The Morgan fingerprint density at radius 2 is 2.05 bits per heavy atom. The average molecular weight is 313 g/mol. The second-order valence-electron chi connectivity index (χ2n) is 4.37. The van der Waals surface area contributed by atoms with Gasteiger partial charge in [-0.25, -0.2) is 0 Å². The van der Waals surface area contributed by atoms with E-state index < -0.39 is 17.8 Å². The van der Waals surface area contributed by atoms with Crippen molar-refractivity contribution >= 4 is 11.6 Å². The molecule has 1 aromatic carbocycles. The van der Waals surface area contributed by atoms with E-state index >= 15 is 0 Å². The number of nitrogens with one attached hydrogen (secondary N) is 1. The maximum Gasteiger partial charge on any atom is 0.435 e. The number of benzene rings is 1. The van der Waals surface area contributed by atoms with Crippen LogP contribution in [0.1, 0.15) is 12.6 Å². The molecule has 1 N–H and O–H groups in total. The average Bonchev–Trinajstić information content (AvgIpc) is 2.89. The number of ether oxygens (including phenoxy) is 1. The molecule has 0 saturated carbocycles. The minimum absolute atomic E-state index is 0.323. The molecule has 2 rings (SSSR count). The molecule has 0 saturated heterocycles. The molecule has 0 aliphatic heterocycles. The summed E-state index contributed by atoms with van der Waals surface area (Å²) in [7, 11) is 0. The summed E-state index contributed by atoms with van der Waals surface area (Å²) in [5.74, 6) is -0.00114. The second-order valence-corrected chi connectivity index (χ2v) is 4.37. The molecule has 0 atom stereocenters. The van der Waals surface area contributed by atoms with Crippen molar-refractivity contribution in [3.05, 3.63) is 42.2 Å². The van der Waals surface area contributed by atoms with Crippen LogP contribution in [0.3, 0.4) is 0 Å². The van der Waals surface area contributed by atoms with E-state index in [1.807, 2.05) is 0 Å². The smallest absolute Gasteiger partial charge is 0.435 e. The van der Waals surface area contributed by atoms with Gasteiger partial charge in [0.1, 0.15) is 12.3 Å². The van der Waals surface area contributed by atoms with Gasteiger partial charge in [-0.15, -0.1) is 0 Å². The first-order valence-corrected chi connectivity index (χ1v) is 6.52. The van der Waals surface area contributed by atoms with E-state index in [4.69, 9.17) is 4.74 Å². The highest BCUT2D eigenvalue weighted by atomic mass is 19.4. The molecule has 1 amide bonds. The van der Waals surface area contributed by atoms with Crippen LogP contribution in [-0.4, -0.2) is 22.3 Å². The number of amides is 1. The first-order valence-electron chi connectivity index (χ1n) is 6.52. The fraction of sp³-hybridized carbons (Fsp3) is 0.286. The maximum atomic E-state index is 12.4. The van der Waals surface area contributed by atoms with E-state index in [1.165, 1.54) is 0 Å². The number of para-hydroxylation sites is 2. The second kappa shape index (κ2) is 6.50. The third-order valence-electron chi connectivity index (χ3n) is 2.70. The molecule has 0 unspecified atom stereocenters. The number of hydrogen-bond acceptors (Lipinski definition) is 3. The first-order chi connectivity index (χ1) is 10.4. The van der Waals surface area contributed by atoms with Crippen molar-refractivity contribution in [3.63, 3.8) is 0 Å². The molecular formula is C14H14F3N3O2. The summed E-state index contributed by atoms with van der Waals surface area (Å²) >= 11 is 0. The summed E-state index contributed by atoms with van der Waals surface area (Å²) < 4.78 is 43.6. The number of alkyl halides is 3. The number of carbonyl (C=O) groups excluding carboxylic acids is 1. The summed E-state index contributed by atoms with van der Waals surface area (Å²) in [6, 6.07) is 7.63. The van der Waals surface area contributed by atoms with Gasteiger partial charge in [0.05, 0.1) is 12.3 Å². The van der Waals surface area contributed by atoms with E-state index in [0.717, 1.165) is 16.9 Å². The molecule has 0 bridgehead atoms. The van der Waals surface area contributed by atoms with Gasteiger partial charge in [-0.3, -0.25) is 9.48 Å². The number of aromatic nitrogens is 2. The summed E-state index contributed by atoms with van der Waals surface area (Å²) in [4.78, 5) is 11.9. The van der Waals surface area contributed by atoms with E-state index in [0.29, 0.717) is 18.0 Å². The predicted molar refractivity (Wildman–Crippen MR) is 73.5 cm³/mol. The SMILES string of the molecule is CCOc1ccccc1NC(=O)Cn1ccc(C(F)(F)F)n1. The number of hydrogen-bond donors (Lipinski definition) is 1. The summed E-state index contributed by atoms with van der Waals surface area (Å²) in [6.45, 7) is 1.92. The van der Waals surface area contributed by atoms with Gasteiger partial charge in [0.25, 0.3) is 0 Å². The van der Waals surface area contributed by atoms with Crippen LogP contribution in [0.5, 0.6) is 5.75 Å². The molecule has 5 nitrogen and oxygen atoms in total. The van der Waals surface area contributed by atoms with E-state index in [-0.39, 0.29) is 6.54 Å². The zero-order valence-electron chi connectivity index (χ0n) is 11.7. The van der Waals surface area contributed by atoms with Crippen molar-refractivity contribution in [1.82, 2.24) is 9.78 Å². The molecule has 0 aliphatic rings. The Kier molecular flexibility index (Phi) is 4.69. The number of halogens is 3. The van der Waals surface area contributed by atoms with E-state index in [2.05, 4.69) is 10.4 Å². The maximum absolute atomic E-state index is 12.4. The molecule has 1 heterocycles. The summed E-state index contributed by atoms with van der Waals surface area (Å²) in [5.41, 5.74) is -0.576. The standard InChI is InChI=1S/C14H14F3N3O2/c1-2-22-11-6-4-3-5-10(11)18-13(21)9-20-8-7-12(19-20)14(15,16)17/h3-8H,2,9H2,1H3,(H,18,21). The van der Waals surface area contributed by atoms with Crippen LogP contribution in [0.4, 0.5) is 18.9 Å². The summed E-state index contributed by atoms with van der Waals surface area (Å²) in [6.07, 6.45) is -3.42. The molecule has 2 aromatic rings. The number of anilines is 1. The van der Waals surface area contributed by atoms with Gasteiger partial charge in [0, 0.05) is 6.20 Å². The normalized spacial score (nSPS) is 11.3. The van der Waals surface area contributed by atoms with Crippen LogP contribution < -0.4 is 10.1 Å². The van der Waals surface area contributed by atoms with Crippen LogP contribution in [0.15, 0.2) is 36.5 Å². The van der Waals surface area contributed by atoms with Gasteiger partial charge in [-0.2, -0.15) is 18.3 Å². The highest BCUT2D eigenvalue weighted by Crippen LogP contribution is 2.27. The lowest BCUT2D eigenvalue weighted by molar-refractivity contribution is -0.141. The lowest BCUT2D eigenvalue weighted by Crippen LogP contribution is -2.20. The minimum Gasteiger partial charge on any atom is -0.492 e. The van der Waals surface area contributed by atoms with Gasteiger partial charge in [-0.05, 0) is 25.1 Å². The molecule has 0 radical (unpaired) electrons. The lowest BCUT2D eigenvalue weighted by Gasteiger charge is -2.11. The zero-order valence-corrected chi connectivity index (χ0v) is 11.7. The van der Waals surface area contributed by atoms with Gasteiger partial charge in [0.15, 0.2) is 5.69 Å². The molecule has 0 spiro atoms. The highest BCUT2D eigenvalue weighted by Gasteiger charge is 2.33.